The van der Waals surface area contributed by atoms with Crippen molar-refractivity contribution in [3.05, 3.63) is 59.7 Å². The van der Waals surface area contributed by atoms with Gasteiger partial charge in [0.25, 0.3) is 0 Å². The van der Waals surface area contributed by atoms with Gasteiger partial charge in [-0.15, -0.1) is 0 Å². The standard InChI is InChI=1S/C17H12F3NO3/c18-17(19,20)12-3-5-13(6-4-12)21-16(22)8-2-11-1-7-14-15(9-11)24-10-23-14/h1-9H,10H2,(H,21,22)/b8-2+. The van der Waals surface area contributed by atoms with Gasteiger partial charge in [0, 0.05) is 11.8 Å². The molecule has 1 N–H and O–H groups in total. The minimum atomic E-state index is -4.40. The number of anilines is 1. The van der Waals surface area contributed by atoms with E-state index in [1.165, 1.54) is 18.2 Å². The third-order valence-corrected chi connectivity index (χ3v) is 3.30. The second-order valence-corrected chi connectivity index (χ2v) is 5.01. The summed E-state index contributed by atoms with van der Waals surface area (Å²) in [5.74, 6) is 0.786. The lowest BCUT2D eigenvalue weighted by atomic mass is 10.2. The number of fused-ring (bicyclic) bond motifs is 1. The number of rotatable bonds is 3. The molecule has 0 aromatic heterocycles. The van der Waals surface area contributed by atoms with Crippen LogP contribution in [0.2, 0.25) is 0 Å². The Morgan fingerprint density at radius 1 is 1.04 bits per heavy atom. The van der Waals surface area contributed by atoms with Crippen LogP contribution in [0.4, 0.5) is 18.9 Å². The second-order valence-electron chi connectivity index (χ2n) is 5.01. The molecule has 2 aromatic rings. The molecule has 0 aliphatic carbocycles. The molecule has 0 fully saturated rings. The largest absolute Gasteiger partial charge is 0.454 e. The Morgan fingerprint density at radius 2 is 1.75 bits per heavy atom. The number of ether oxygens (including phenoxy) is 2. The minimum absolute atomic E-state index is 0.164. The molecule has 4 nitrogen and oxygen atoms in total. The molecule has 124 valence electrons. The molecule has 0 saturated carbocycles. The molecule has 0 atom stereocenters. The molecular weight excluding hydrogens is 323 g/mol. The van der Waals surface area contributed by atoms with Crippen LogP contribution in [-0.2, 0) is 11.0 Å². The third-order valence-electron chi connectivity index (χ3n) is 3.30. The van der Waals surface area contributed by atoms with Gasteiger partial charge in [0.05, 0.1) is 5.56 Å². The zero-order valence-corrected chi connectivity index (χ0v) is 12.3. The number of halogens is 3. The zero-order chi connectivity index (χ0) is 17.2. The first-order chi connectivity index (χ1) is 11.4. The summed E-state index contributed by atoms with van der Waals surface area (Å²) in [6, 6.07) is 9.45. The van der Waals surface area contributed by atoms with Gasteiger partial charge in [0.2, 0.25) is 12.7 Å². The molecule has 7 heteroatoms. The van der Waals surface area contributed by atoms with Crippen molar-refractivity contribution in [1.29, 1.82) is 0 Å². The molecule has 1 amide bonds. The van der Waals surface area contributed by atoms with Crippen LogP contribution in [0.5, 0.6) is 11.5 Å². The number of carbonyl (C=O) groups excluding carboxylic acids is 1. The van der Waals surface area contributed by atoms with E-state index in [9.17, 15) is 18.0 Å². The maximum atomic E-state index is 12.5. The van der Waals surface area contributed by atoms with Crippen LogP contribution in [0.3, 0.4) is 0 Å². The van der Waals surface area contributed by atoms with Crippen LogP contribution in [0.15, 0.2) is 48.5 Å². The van der Waals surface area contributed by atoms with E-state index < -0.39 is 17.6 Å². The van der Waals surface area contributed by atoms with Gasteiger partial charge in [0.15, 0.2) is 11.5 Å². The Morgan fingerprint density at radius 3 is 2.46 bits per heavy atom. The van der Waals surface area contributed by atoms with E-state index in [0.29, 0.717) is 11.5 Å². The van der Waals surface area contributed by atoms with Gasteiger partial charge in [0.1, 0.15) is 0 Å². The van der Waals surface area contributed by atoms with Gasteiger partial charge in [-0.05, 0) is 48.0 Å². The number of hydrogen-bond acceptors (Lipinski definition) is 3. The highest BCUT2D eigenvalue weighted by Crippen LogP contribution is 2.33. The van der Waals surface area contributed by atoms with E-state index in [1.807, 2.05) is 0 Å². The van der Waals surface area contributed by atoms with Gasteiger partial charge < -0.3 is 14.8 Å². The number of carbonyl (C=O) groups is 1. The van der Waals surface area contributed by atoms with Crippen molar-refractivity contribution in [2.24, 2.45) is 0 Å². The van der Waals surface area contributed by atoms with Gasteiger partial charge in [-0.25, -0.2) is 0 Å². The Labute approximate surface area is 135 Å². The maximum Gasteiger partial charge on any atom is 0.416 e. The van der Waals surface area contributed by atoms with Crippen LogP contribution >= 0.6 is 0 Å². The third kappa shape index (κ3) is 3.68. The topological polar surface area (TPSA) is 47.6 Å². The van der Waals surface area contributed by atoms with E-state index in [1.54, 1.807) is 24.3 Å². The highest BCUT2D eigenvalue weighted by atomic mass is 19.4. The summed E-state index contributed by atoms with van der Waals surface area (Å²) in [6.07, 6.45) is -1.54. The van der Waals surface area contributed by atoms with Crippen molar-refractivity contribution in [1.82, 2.24) is 0 Å². The van der Waals surface area contributed by atoms with E-state index in [2.05, 4.69) is 5.32 Å². The Kier molecular flexibility index (Phi) is 4.16. The molecule has 0 saturated heterocycles. The molecule has 1 aliphatic rings. The molecule has 1 aliphatic heterocycles. The normalized spacial score (nSPS) is 13.3. The van der Waals surface area contributed by atoms with Crippen molar-refractivity contribution in [2.45, 2.75) is 6.18 Å². The number of hydrogen-bond donors (Lipinski definition) is 1. The summed E-state index contributed by atoms with van der Waals surface area (Å²) in [7, 11) is 0. The van der Waals surface area contributed by atoms with Crippen molar-refractivity contribution in [3.63, 3.8) is 0 Å². The lowest BCUT2D eigenvalue weighted by Crippen LogP contribution is -2.09. The first-order valence-corrected chi connectivity index (χ1v) is 6.98. The first kappa shape index (κ1) is 15.9. The molecule has 2 aromatic carbocycles. The minimum Gasteiger partial charge on any atom is -0.454 e. The molecule has 1 heterocycles. The van der Waals surface area contributed by atoms with E-state index in [-0.39, 0.29) is 12.5 Å². The summed E-state index contributed by atoms with van der Waals surface area (Å²) in [4.78, 5) is 11.8. The fourth-order valence-corrected chi connectivity index (χ4v) is 2.12. The average molecular weight is 335 g/mol. The number of amides is 1. The van der Waals surface area contributed by atoms with Gasteiger partial charge in [-0.2, -0.15) is 13.2 Å². The van der Waals surface area contributed by atoms with Gasteiger partial charge >= 0.3 is 6.18 Å². The monoisotopic (exact) mass is 335 g/mol. The zero-order valence-electron chi connectivity index (χ0n) is 12.3. The SMILES string of the molecule is O=C(/C=C/c1ccc2c(c1)OCO2)Nc1ccc(C(F)(F)F)cc1. The lowest BCUT2D eigenvalue weighted by Gasteiger charge is -2.07. The Hall–Kier alpha value is -2.96. The molecule has 0 unspecified atom stereocenters. The molecule has 3 rings (SSSR count). The summed E-state index contributed by atoms with van der Waals surface area (Å²) >= 11 is 0. The van der Waals surface area contributed by atoms with Gasteiger partial charge in [-0.3, -0.25) is 4.79 Å². The molecular formula is C17H12F3NO3. The average Bonchev–Trinajstić information content (AvgIpc) is 3.00. The first-order valence-electron chi connectivity index (χ1n) is 6.98. The predicted octanol–water partition coefficient (Wildman–Crippen LogP) is 4.09. The molecule has 0 radical (unpaired) electrons. The van der Waals surface area contributed by atoms with Crippen LogP contribution in [0.25, 0.3) is 6.08 Å². The highest BCUT2D eigenvalue weighted by molar-refractivity contribution is 6.01. The lowest BCUT2D eigenvalue weighted by molar-refractivity contribution is -0.137. The molecule has 0 bridgehead atoms. The maximum absolute atomic E-state index is 12.5. The van der Waals surface area contributed by atoms with Crippen LogP contribution in [0.1, 0.15) is 11.1 Å². The summed E-state index contributed by atoms with van der Waals surface area (Å²) in [5.41, 5.74) is 0.251. The quantitative estimate of drug-likeness (QED) is 0.860. The van der Waals surface area contributed by atoms with Gasteiger partial charge in [-0.1, -0.05) is 6.07 Å². The van der Waals surface area contributed by atoms with E-state index in [0.717, 1.165) is 17.7 Å². The Balaban J connectivity index is 1.63. The van der Waals surface area contributed by atoms with Crippen LogP contribution < -0.4 is 14.8 Å². The molecule has 24 heavy (non-hydrogen) atoms. The van der Waals surface area contributed by atoms with Crippen molar-refractivity contribution in [2.75, 3.05) is 12.1 Å². The molecule has 0 spiro atoms. The van der Waals surface area contributed by atoms with Crippen molar-refractivity contribution >= 4 is 17.7 Å². The summed E-state index contributed by atoms with van der Waals surface area (Å²) in [5, 5.41) is 2.49. The highest BCUT2D eigenvalue weighted by Gasteiger charge is 2.29. The Bertz CT molecular complexity index is 783. The van der Waals surface area contributed by atoms with Crippen molar-refractivity contribution < 1.29 is 27.4 Å². The fourth-order valence-electron chi connectivity index (χ4n) is 2.12. The predicted molar refractivity (Wildman–Crippen MR) is 81.7 cm³/mol. The summed E-state index contributed by atoms with van der Waals surface area (Å²) in [6.45, 7) is 0.164. The fraction of sp³-hybridized carbons (Fsp3) is 0.118. The van der Waals surface area contributed by atoms with Crippen molar-refractivity contribution in [3.8, 4) is 11.5 Å². The van der Waals surface area contributed by atoms with Crippen LogP contribution in [0, 0.1) is 0 Å². The number of nitrogens with one attached hydrogen (secondary N) is 1. The second kappa shape index (κ2) is 6.27. The van der Waals surface area contributed by atoms with Crippen LogP contribution in [-0.4, -0.2) is 12.7 Å². The van der Waals surface area contributed by atoms with E-state index >= 15 is 0 Å². The summed E-state index contributed by atoms with van der Waals surface area (Å²) < 4.78 is 47.8. The van der Waals surface area contributed by atoms with E-state index in [4.69, 9.17) is 9.47 Å². The number of benzene rings is 2. The smallest absolute Gasteiger partial charge is 0.416 e. The number of alkyl halides is 3.